The Bertz CT molecular complexity index is 649. The van der Waals surface area contributed by atoms with Gasteiger partial charge < -0.3 is 0 Å². The lowest BCUT2D eigenvalue weighted by Gasteiger charge is -1.94. The number of hydrogen-bond donors (Lipinski definition) is 0. The molecule has 0 aliphatic carbocycles. The van der Waals surface area contributed by atoms with Crippen molar-refractivity contribution in [2.45, 2.75) is 6.92 Å². The van der Waals surface area contributed by atoms with Crippen molar-refractivity contribution < 1.29 is 9.59 Å². The third-order valence-electron chi connectivity index (χ3n) is 2.44. The lowest BCUT2D eigenvalue weighted by Crippen LogP contribution is -1.80. The van der Waals surface area contributed by atoms with Crippen LogP contribution in [-0.4, -0.2) is 12.1 Å². The second-order valence-electron chi connectivity index (χ2n) is 4.10. The highest BCUT2D eigenvalue weighted by Crippen LogP contribution is 2.16. The van der Waals surface area contributed by atoms with E-state index >= 15 is 0 Å². The van der Waals surface area contributed by atoms with Gasteiger partial charge in [-0.15, -0.1) is 0 Å². The maximum absolute atomic E-state index is 10.6. The fraction of sp³-hybridized carbons (Fsp3) is 0.0588. The average molecular weight is 410 g/mol. The van der Waals surface area contributed by atoms with Gasteiger partial charge in [0.1, 0.15) is 0 Å². The monoisotopic (exact) mass is 408 g/mol. The van der Waals surface area contributed by atoms with Crippen LogP contribution in [0.1, 0.15) is 22.8 Å². The van der Waals surface area contributed by atoms with Crippen LogP contribution in [0.2, 0.25) is 0 Å². The molecule has 0 atom stereocenters. The molecule has 2 aromatic carbocycles. The molecule has 0 saturated heterocycles. The van der Waals surface area contributed by atoms with Crippen molar-refractivity contribution in [2.75, 3.05) is 0 Å². The van der Waals surface area contributed by atoms with Crippen molar-refractivity contribution in [2.24, 2.45) is 0 Å². The molecule has 0 aliphatic heterocycles. The molecule has 0 spiro atoms. The summed E-state index contributed by atoms with van der Waals surface area (Å²) >= 11 is 6.61. The topological polar surface area (TPSA) is 34.1 Å². The Labute approximate surface area is 141 Å². The summed E-state index contributed by atoms with van der Waals surface area (Å²) in [4.78, 5) is 20.8. The molecule has 0 aromatic heterocycles. The van der Waals surface area contributed by atoms with Gasteiger partial charge in [0.2, 0.25) is 0 Å². The van der Waals surface area contributed by atoms with E-state index in [-0.39, 0.29) is 5.78 Å². The molecule has 0 amide bonds. The van der Waals surface area contributed by atoms with Gasteiger partial charge in [0.05, 0.1) is 0 Å². The Morgan fingerprint density at radius 1 is 0.905 bits per heavy atom. The highest BCUT2D eigenvalue weighted by atomic mass is 79.9. The van der Waals surface area contributed by atoms with Crippen LogP contribution >= 0.6 is 31.9 Å². The number of rotatable bonds is 3. The molecule has 0 heterocycles. The van der Waals surface area contributed by atoms with Crippen LogP contribution in [0, 0.1) is 0 Å². The first kappa shape index (κ1) is 17.5. The third-order valence-corrected chi connectivity index (χ3v) is 3.88. The molecule has 21 heavy (non-hydrogen) atoms. The number of carbonyl (C=O) groups is 2. The summed E-state index contributed by atoms with van der Waals surface area (Å²) in [6.45, 7) is 1.54. The zero-order valence-corrected chi connectivity index (χ0v) is 14.6. The Balaban J connectivity index is 0.000000219. The summed E-state index contributed by atoms with van der Waals surface area (Å²) in [5.41, 5.74) is 1.71. The van der Waals surface area contributed by atoms with Crippen LogP contribution in [-0.2, 0) is 4.79 Å². The molecular formula is C17H14Br2O2. The molecule has 0 aliphatic rings. The molecule has 4 heteroatoms. The van der Waals surface area contributed by atoms with Crippen LogP contribution in [0.25, 0.3) is 6.08 Å². The fourth-order valence-electron chi connectivity index (χ4n) is 1.39. The van der Waals surface area contributed by atoms with Gasteiger partial charge in [-0.3, -0.25) is 9.59 Å². The first-order chi connectivity index (χ1) is 10.0. The minimum absolute atomic E-state index is 0.0609. The SMILES string of the molecule is CC(=O)/C=C/c1ccccc1Br.O=Cc1ccccc1Br. The first-order valence-electron chi connectivity index (χ1n) is 6.17. The van der Waals surface area contributed by atoms with Crippen molar-refractivity contribution in [3.63, 3.8) is 0 Å². The lowest BCUT2D eigenvalue weighted by atomic mass is 10.2. The molecule has 2 aromatic rings. The third kappa shape index (κ3) is 6.65. The van der Waals surface area contributed by atoms with Crippen molar-refractivity contribution in [3.8, 4) is 0 Å². The van der Waals surface area contributed by atoms with E-state index in [4.69, 9.17) is 0 Å². The smallest absolute Gasteiger partial charge is 0.152 e. The van der Waals surface area contributed by atoms with E-state index in [0.29, 0.717) is 5.56 Å². The molecule has 0 unspecified atom stereocenters. The number of ketones is 1. The molecular weight excluding hydrogens is 396 g/mol. The van der Waals surface area contributed by atoms with Gasteiger partial charge in [-0.05, 0) is 30.7 Å². The second kappa shape index (κ2) is 9.42. The Morgan fingerprint density at radius 2 is 1.38 bits per heavy atom. The fourth-order valence-corrected chi connectivity index (χ4v) is 2.18. The molecule has 0 radical (unpaired) electrons. The van der Waals surface area contributed by atoms with Crippen LogP contribution in [0.3, 0.4) is 0 Å². The Kier molecular flexibility index (Phi) is 7.87. The summed E-state index contributed by atoms with van der Waals surface area (Å²) in [5.74, 6) is 0.0609. The number of aldehydes is 1. The van der Waals surface area contributed by atoms with E-state index in [1.165, 1.54) is 6.92 Å². The van der Waals surface area contributed by atoms with Crippen molar-refractivity contribution >= 4 is 50.0 Å². The molecule has 108 valence electrons. The molecule has 2 rings (SSSR count). The van der Waals surface area contributed by atoms with E-state index in [1.807, 2.05) is 42.5 Å². The summed E-state index contributed by atoms with van der Waals surface area (Å²) < 4.78 is 1.85. The van der Waals surface area contributed by atoms with Gasteiger partial charge in [0, 0.05) is 14.5 Å². The van der Waals surface area contributed by atoms with Gasteiger partial charge in [-0.1, -0.05) is 74.3 Å². The minimum atomic E-state index is 0.0609. The standard InChI is InChI=1S/C10H9BrO.C7H5BrO/c1-8(12)6-7-9-4-2-3-5-10(9)11;8-7-4-2-1-3-6(7)5-9/h2-7H,1H3;1-5H/b7-6+;. The van der Waals surface area contributed by atoms with Crippen molar-refractivity contribution in [3.05, 3.63) is 74.7 Å². The van der Waals surface area contributed by atoms with E-state index in [0.717, 1.165) is 20.8 Å². The Hall–Kier alpha value is -1.52. The molecule has 0 saturated carbocycles. The molecule has 2 nitrogen and oxygen atoms in total. The summed E-state index contributed by atoms with van der Waals surface area (Å²) in [7, 11) is 0. The average Bonchev–Trinajstić information content (AvgIpc) is 2.47. The van der Waals surface area contributed by atoms with E-state index < -0.39 is 0 Å². The van der Waals surface area contributed by atoms with Gasteiger partial charge in [-0.25, -0.2) is 0 Å². The maximum atomic E-state index is 10.6. The van der Waals surface area contributed by atoms with Gasteiger partial charge in [0.25, 0.3) is 0 Å². The largest absolute Gasteiger partial charge is 0.298 e. The highest BCUT2D eigenvalue weighted by Gasteiger charge is 1.93. The quantitative estimate of drug-likeness (QED) is 0.508. The van der Waals surface area contributed by atoms with Gasteiger partial charge in [-0.2, -0.15) is 0 Å². The van der Waals surface area contributed by atoms with Gasteiger partial charge in [0.15, 0.2) is 12.1 Å². The molecule has 0 N–H and O–H groups in total. The summed E-state index contributed by atoms with van der Waals surface area (Å²) in [6, 6.07) is 15.1. The van der Waals surface area contributed by atoms with E-state index in [1.54, 1.807) is 18.2 Å². The predicted octanol–water partition coefficient (Wildman–Crippen LogP) is 5.31. The van der Waals surface area contributed by atoms with Crippen LogP contribution in [0.15, 0.2) is 63.6 Å². The van der Waals surface area contributed by atoms with Gasteiger partial charge >= 0.3 is 0 Å². The van der Waals surface area contributed by atoms with Crippen LogP contribution < -0.4 is 0 Å². The van der Waals surface area contributed by atoms with E-state index in [2.05, 4.69) is 31.9 Å². The minimum Gasteiger partial charge on any atom is -0.298 e. The van der Waals surface area contributed by atoms with Crippen molar-refractivity contribution in [1.29, 1.82) is 0 Å². The number of hydrogen-bond acceptors (Lipinski definition) is 2. The number of halogens is 2. The van der Waals surface area contributed by atoms with Crippen LogP contribution in [0.4, 0.5) is 0 Å². The summed E-state index contributed by atoms with van der Waals surface area (Å²) in [6.07, 6.45) is 4.18. The molecule has 0 fully saturated rings. The zero-order chi connectivity index (χ0) is 15.7. The Morgan fingerprint density at radius 3 is 1.76 bits per heavy atom. The zero-order valence-electron chi connectivity index (χ0n) is 11.4. The van der Waals surface area contributed by atoms with E-state index in [9.17, 15) is 9.59 Å². The second-order valence-corrected chi connectivity index (χ2v) is 5.81. The first-order valence-corrected chi connectivity index (χ1v) is 7.76. The highest BCUT2D eigenvalue weighted by molar-refractivity contribution is 9.10. The predicted molar refractivity (Wildman–Crippen MR) is 93.4 cm³/mol. The lowest BCUT2D eigenvalue weighted by molar-refractivity contribution is -0.112. The molecule has 0 bridgehead atoms. The van der Waals surface area contributed by atoms with Crippen LogP contribution in [0.5, 0.6) is 0 Å². The number of carbonyl (C=O) groups excluding carboxylic acids is 2. The summed E-state index contributed by atoms with van der Waals surface area (Å²) in [5, 5.41) is 0. The number of benzene rings is 2. The normalized spacial score (nSPS) is 9.86. The maximum Gasteiger partial charge on any atom is 0.152 e. The van der Waals surface area contributed by atoms with Crippen molar-refractivity contribution in [1.82, 2.24) is 0 Å². The number of allylic oxidation sites excluding steroid dienone is 1.